The van der Waals surface area contributed by atoms with E-state index in [1.165, 1.54) is 26.0 Å². The van der Waals surface area contributed by atoms with Crippen LogP contribution in [0.4, 0.5) is 0 Å². The van der Waals surface area contributed by atoms with Crippen LogP contribution in [0.1, 0.15) is 33.1 Å². The Labute approximate surface area is 103 Å². The molecule has 0 heterocycles. The number of ether oxygens (including phenoxy) is 1. The Hall–Kier alpha value is -1.04. The van der Waals surface area contributed by atoms with Gasteiger partial charge in [-0.1, -0.05) is 6.07 Å². The molecule has 3 N–H and O–H groups in total. The first-order chi connectivity index (χ1) is 9.24. The van der Waals surface area contributed by atoms with Gasteiger partial charge in [-0.05, 0) is 43.9 Å². The minimum absolute atomic E-state index is 0.0500. The van der Waals surface area contributed by atoms with Gasteiger partial charge in [0.1, 0.15) is 5.75 Å². The van der Waals surface area contributed by atoms with Crippen LogP contribution in [0.3, 0.4) is 0 Å². The molecule has 1 aromatic carbocycles. The number of hydrogen-bond donors (Lipinski definition) is 3. The molecule has 0 fully saturated rings. The highest BCUT2D eigenvalue weighted by molar-refractivity contribution is 6.58. The molecule has 0 unspecified atom stereocenters. The summed E-state index contributed by atoms with van der Waals surface area (Å²) in [6.45, 7) is -3.09. The minimum Gasteiger partial charge on any atom is -0.494 e. The standard InChI is InChI=1S/C11H17BO4/c1-4-16-10-6-8(11(2,3)13)5-9(7-10)12(14)15/h5-7,13-15H,4H2,1-3H3/i1D3,4D2. The Balaban J connectivity index is 3.28. The first kappa shape index (κ1) is 7.32. The summed E-state index contributed by atoms with van der Waals surface area (Å²) in [6.07, 6.45) is 0. The van der Waals surface area contributed by atoms with Gasteiger partial charge in [0, 0.05) is 4.11 Å². The Bertz CT molecular complexity index is 510. The molecule has 0 atom stereocenters. The van der Waals surface area contributed by atoms with Gasteiger partial charge in [-0.15, -0.1) is 0 Å². The van der Waals surface area contributed by atoms with Crippen molar-refractivity contribution in [2.75, 3.05) is 6.56 Å². The van der Waals surface area contributed by atoms with Crippen LogP contribution in [0.15, 0.2) is 18.2 Å². The first-order valence-corrected chi connectivity index (χ1v) is 4.67. The van der Waals surface area contributed by atoms with Gasteiger partial charge >= 0.3 is 7.12 Å². The Morgan fingerprint density at radius 2 is 2.12 bits per heavy atom. The molecule has 5 heteroatoms. The molecule has 0 aliphatic heterocycles. The van der Waals surface area contributed by atoms with Crippen molar-refractivity contribution in [2.24, 2.45) is 0 Å². The molecule has 0 aromatic heterocycles. The van der Waals surface area contributed by atoms with E-state index in [0.29, 0.717) is 0 Å². The van der Waals surface area contributed by atoms with E-state index >= 15 is 0 Å². The largest absolute Gasteiger partial charge is 0.494 e. The van der Waals surface area contributed by atoms with Crippen LogP contribution in [0.5, 0.6) is 5.75 Å². The van der Waals surface area contributed by atoms with E-state index in [-0.39, 0.29) is 16.8 Å². The van der Waals surface area contributed by atoms with Crippen LogP contribution in [-0.4, -0.2) is 28.8 Å². The maximum absolute atomic E-state index is 9.95. The molecular weight excluding hydrogens is 207 g/mol. The Morgan fingerprint density at radius 1 is 1.44 bits per heavy atom. The molecular formula is C11H17BO4. The molecule has 1 rings (SSSR count). The van der Waals surface area contributed by atoms with E-state index in [9.17, 15) is 15.2 Å². The van der Waals surface area contributed by atoms with Crippen molar-refractivity contribution in [1.82, 2.24) is 0 Å². The Morgan fingerprint density at radius 3 is 2.62 bits per heavy atom. The van der Waals surface area contributed by atoms with Gasteiger partial charge in [0.25, 0.3) is 0 Å². The van der Waals surface area contributed by atoms with Crippen molar-refractivity contribution in [3.05, 3.63) is 23.8 Å². The third-order valence-corrected chi connectivity index (χ3v) is 2.10. The number of aliphatic hydroxyl groups is 1. The average Bonchev–Trinajstić information content (AvgIpc) is 2.24. The van der Waals surface area contributed by atoms with Gasteiger partial charge in [0.05, 0.1) is 14.9 Å². The highest BCUT2D eigenvalue weighted by Crippen LogP contribution is 2.23. The van der Waals surface area contributed by atoms with Crippen molar-refractivity contribution >= 4 is 12.6 Å². The zero-order valence-corrected chi connectivity index (χ0v) is 9.06. The van der Waals surface area contributed by atoms with E-state index in [0.717, 1.165) is 6.07 Å². The molecule has 0 spiro atoms. The van der Waals surface area contributed by atoms with Crippen molar-refractivity contribution in [3.63, 3.8) is 0 Å². The summed E-state index contributed by atoms with van der Waals surface area (Å²) in [4.78, 5) is 0. The second kappa shape index (κ2) is 4.87. The fraction of sp³-hybridized carbons (Fsp3) is 0.455. The molecule has 0 saturated carbocycles. The van der Waals surface area contributed by atoms with Gasteiger partial charge in [0.2, 0.25) is 0 Å². The van der Waals surface area contributed by atoms with E-state index in [4.69, 9.17) is 11.6 Å². The fourth-order valence-electron chi connectivity index (χ4n) is 1.24. The molecule has 0 radical (unpaired) electrons. The summed E-state index contributed by atoms with van der Waals surface area (Å²) >= 11 is 0. The predicted octanol–water partition coefficient (Wildman–Crippen LogP) is -0.00750. The lowest BCUT2D eigenvalue weighted by Crippen LogP contribution is -2.31. The molecule has 0 saturated heterocycles. The summed E-state index contributed by atoms with van der Waals surface area (Å²) in [5.74, 6) is -0.223. The van der Waals surface area contributed by atoms with E-state index in [1.807, 2.05) is 0 Å². The smallest absolute Gasteiger partial charge is 0.488 e. The van der Waals surface area contributed by atoms with Crippen molar-refractivity contribution < 1.29 is 26.7 Å². The van der Waals surface area contributed by atoms with Gasteiger partial charge in [-0.2, -0.15) is 0 Å². The zero-order valence-electron chi connectivity index (χ0n) is 14.1. The van der Waals surface area contributed by atoms with Crippen LogP contribution in [0.25, 0.3) is 0 Å². The van der Waals surface area contributed by atoms with Gasteiger partial charge < -0.3 is 19.9 Å². The van der Waals surface area contributed by atoms with E-state index < -0.39 is 26.1 Å². The molecule has 0 aliphatic carbocycles. The second-order valence-corrected chi connectivity index (χ2v) is 3.93. The first-order valence-electron chi connectivity index (χ1n) is 7.17. The normalized spacial score (nSPS) is 17.7. The van der Waals surface area contributed by atoms with Crippen molar-refractivity contribution in [2.45, 2.75) is 26.3 Å². The molecule has 16 heavy (non-hydrogen) atoms. The van der Waals surface area contributed by atoms with Crippen LogP contribution in [0.2, 0.25) is 0 Å². The lowest BCUT2D eigenvalue weighted by atomic mass is 9.78. The highest BCUT2D eigenvalue weighted by Gasteiger charge is 2.21. The number of benzene rings is 1. The third-order valence-electron chi connectivity index (χ3n) is 2.10. The maximum Gasteiger partial charge on any atom is 0.488 e. The third kappa shape index (κ3) is 3.23. The molecule has 4 nitrogen and oxygen atoms in total. The number of rotatable bonds is 4. The summed E-state index contributed by atoms with van der Waals surface area (Å²) in [5.41, 5.74) is -1.18. The topological polar surface area (TPSA) is 69.9 Å². The summed E-state index contributed by atoms with van der Waals surface area (Å²) in [7, 11) is -1.87. The fourth-order valence-corrected chi connectivity index (χ4v) is 1.24. The van der Waals surface area contributed by atoms with Crippen molar-refractivity contribution in [3.8, 4) is 5.75 Å². The molecule has 0 bridgehead atoms. The summed E-state index contributed by atoms with van der Waals surface area (Å²) in [5, 5.41) is 28.4. The summed E-state index contributed by atoms with van der Waals surface area (Å²) < 4.78 is 40.9. The quantitative estimate of drug-likeness (QED) is 0.635. The molecule has 0 aliphatic rings. The minimum atomic E-state index is -3.02. The predicted molar refractivity (Wildman–Crippen MR) is 62.7 cm³/mol. The van der Waals surface area contributed by atoms with Gasteiger partial charge in [-0.25, -0.2) is 0 Å². The van der Waals surface area contributed by atoms with E-state index in [2.05, 4.69) is 0 Å². The average molecular weight is 229 g/mol. The zero-order chi connectivity index (χ0) is 16.6. The molecule has 88 valence electrons. The monoisotopic (exact) mass is 229 g/mol. The molecule has 0 amide bonds. The van der Waals surface area contributed by atoms with Crippen LogP contribution in [-0.2, 0) is 5.60 Å². The van der Waals surface area contributed by atoms with Crippen molar-refractivity contribution in [1.29, 1.82) is 0 Å². The second-order valence-electron chi connectivity index (χ2n) is 3.93. The molecule has 1 aromatic rings. The summed E-state index contributed by atoms with van der Waals surface area (Å²) in [6, 6.07) is 3.65. The Kier molecular flexibility index (Phi) is 2.23. The highest BCUT2D eigenvalue weighted by atomic mass is 16.5. The van der Waals surface area contributed by atoms with Crippen LogP contribution >= 0.6 is 0 Å². The van der Waals surface area contributed by atoms with E-state index in [1.54, 1.807) is 0 Å². The maximum atomic E-state index is 9.95. The van der Waals surface area contributed by atoms with Crippen LogP contribution in [0, 0.1) is 0 Å². The number of hydrogen-bond acceptors (Lipinski definition) is 4. The van der Waals surface area contributed by atoms with Gasteiger partial charge in [-0.3, -0.25) is 0 Å². The lowest BCUT2D eigenvalue weighted by Gasteiger charge is -2.20. The lowest BCUT2D eigenvalue weighted by molar-refractivity contribution is 0.0783. The van der Waals surface area contributed by atoms with Crippen LogP contribution < -0.4 is 10.2 Å². The SMILES string of the molecule is [2H]C([2H])([2H])C([2H])([2H])Oc1cc(B(O)O)cc(C(C)(C)O)c1. The van der Waals surface area contributed by atoms with Gasteiger partial charge in [0.15, 0.2) is 0 Å².